The molecule has 2 unspecified atom stereocenters. The molecule has 52 valence electrons. The zero-order valence-corrected chi connectivity index (χ0v) is 6.43. The molecule has 0 aromatic carbocycles. The van der Waals surface area contributed by atoms with Crippen LogP contribution in [0.5, 0.6) is 0 Å². The van der Waals surface area contributed by atoms with Crippen molar-refractivity contribution in [3.05, 3.63) is 12.2 Å². The Morgan fingerprint density at radius 1 is 1.44 bits per heavy atom. The van der Waals surface area contributed by atoms with Crippen molar-refractivity contribution in [1.29, 1.82) is 0 Å². The molecule has 0 spiro atoms. The first-order valence-corrected chi connectivity index (χ1v) is 3.99. The van der Waals surface area contributed by atoms with Crippen molar-refractivity contribution in [2.75, 3.05) is 0 Å². The maximum absolute atomic E-state index is 2.29. The lowest BCUT2D eigenvalue weighted by Crippen LogP contribution is -1.76. The summed E-state index contributed by atoms with van der Waals surface area (Å²) in [5.41, 5.74) is 0. The third kappa shape index (κ3) is 1.85. The van der Waals surface area contributed by atoms with E-state index >= 15 is 0 Å². The van der Waals surface area contributed by atoms with Gasteiger partial charge in [0.2, 0.25) is 0 Å². The van der Waals surface area contributed by atoms with Gasteiger partial charge in [0.15, 0.2) is 0 Å². The summed E-state index contributed by atoms with van der Waals surface area (Å²) in [6.45, 7) is 4.39. The van der Waals surface area contributed by atoms with Gasteiger partial charge in [-0.2, -0.15) is 0 Å². The Morgan fingerprint density at radius 2 is 2.22 bits per heavy atom. The van der Waals surface area contributed by atoms with Gasteiger partial charge in [0.1, 0.15) is 0 Å². The second-order valence-electron chi connectivity index (χ2n) is 2.97. The van der Waals surface area contributed by atoms with E-state index in [4.69, 9.17) is 0 Å². The summed E-state index contributed by atoms with van der Waals surface area (Å²) in [4.78, 5) is 0. The highest BCUT2D eigenvalue weighted by molar-refractivity contribution is 4.92. The molecular weight excluding hydrogens is 108 g/mol. The van der Waals surface area contributed by atoms with Gasteiger partial charge in [-0.15, -0.1) is 0 Å². The van der Waals surface area contributed by atoms with Crippen molar-refractivity contribution in [3.8, 4) is 0 Å². The Morgan fingerprint density at radius 3 is 2.67 bits per heavy atom. The van der Waals surface area contributed by atoms with E-state index in [1.165, 1.54) is 19.3 Å². The molecule has 0 aromatic heterocycles. The molecule has 0 radical (unpaired) electrons. The smallest absolute Gasteiger partial charge is 0.0320 e. The molecule has 0 bridgehead atoms. The molecular formula is C9H16. The first-order valence-electron chi connectivity index (χ1n) is 3.99. The number of hydrogen-bond acceptors (Lipinski definition) is 0. The maximum Gasteiger partial charge on any atom is -0.0320 e. The lowest BCUT2D eigenvalue weighted by molar-refractivity contribution is 0.687. The Hall–Kier alpha value is -0.260. The third-order valence-corrected chi connectivity index (χ3v) is 2.27. The monoisotopic (exact) mass is 124 g/mol. The summed E-state index contributed by atoms with van der Waals surface area (Å²) < 4.78 is 0. The standard InChI is InChI=1S/C9H16/c1-3-5-6-9-7-8(9)4-2/h3,5,8-9H,4,6-7H2,1-2H3/b5-3+. The quantitative estimate of drug-likeness (QED) is 0.507. The molecule has 1 saturated carbocycles. The average Bonchev–Trinajstić information content (AvgIpc) is 2.62. The minimum Gasteiger partial charge on any atom is -0.0917 e. The van der Waals surface area contributed by atoms with Crippen molar-refractivity contribution in [2.24, 2.45) is 11.8 Å². The van der Waals surface area contributed by atoms with Crippen LogP contribution in [0, 0.1) is 11.8 Å². The van der Waals surface area contributed by atoms with Gasteiger partial charge in [-0.1, -0.05) is 25.5 Å². The van der Waals surface area contributed by atoms with Crippen LogP contribution >= 0.6 is 0 Å². The predicted octanol–water partition coefficient (Wildman–Crippen LogP) is 3.00. The molecule has 1 aliphatic carbocycles. The van der Waals surface area contributed by atoms with Crippen LogP contribution in [0.2, 0.25) is 0 Å². The van der Waals surface area contributed by atoms with Gasteiger partial charge in [-0.05, 0) is 31.6 Å². The van der Waals surface area contributed by atoms with E-state index in [0.29, 0.717) is 0 Å². The molecule has 1 fully saturated rings. The van der Waals surface area contributed by atoms with Crippen molar-refractivity contribution in [2.45, 2.75) is 33.1 Å². The van der Waals surface area contributed by atoms with Crippen LogP contribution in [-0.4, -0.2) is 0 Å². The SMILES string of the molecule is C/C=C/CC1CC1CC. The largest absolute Gasteiger partial charge is 0.0917 e. The molecule has 1 aliphatic rings. The molecule has 2 atom stereocenters. The third-order valence-electron chi connectivity index (χ3n) is 2.27. The Bertz CT molecular complexity index is 103. The number of rotatable bonds is 3. The van der Waals surface area contributed by atoms with Crippen LogP contribution in [0.25, 0.3) is 0 Å². The fraction of sp³-hybridized carbons (Fsp3) is 0.778. The predicted molar refractivity (Wildman–Crippen MR) is 41.3 cm³/mol. The van der Waals surface area contributed by atoms with E-state index in [-0.39, 0.29) is 0 Å². The highest BCUT2D eigenvalue weighted by Gasteiger charge is 2.33. The fourth-order valence-corrected chi connectivity index (χ4v) is 1.41. The zero-order chi connectivity index (χ0) is 6.69. The maximum atomic E-state index is 2.29. The van der Waals surface area contributed by atoms with Crippen molar-refractivity contribution in [1.82, 2.24) is 0 Å². The number of hydrogen-bond donors (Lipinski definition) is 0. The lowest BCUT2D eigenvalue weighted by Gasteiger charge is -1.88. The summed E-state index contributed by atoms with van der Waals surface area (Å²) in [7, 11) is 0. The van der Waals surface area contributed by atoms with Gasteiger partial charge in [0.25, 0.3) is 0 Å². The first-order chi connectivity index (χ1) is 4.38. The molecule has 0 amide bonds. The second kappa shape index (κ2) is 3.05. The van der Waals surface area contributed by atoms with Crippen LogP contribution in [-0.2, 0) is 0 Å². The van der Waals surface area contributed by atoms with Crippen molar-refractivity contribution in [3.63, 3.8) is 0 Å². The van der Waals surface area contributed by atoms with Crippen molar-refractivity contribution < 1.29 is 0 Å². The van der Waals surface area contributed by atoms with E-state index in [1.54, 1.807) is 0 Å². The number of allylic oxidation sites excluding steroid dienone is 2. The topological polar surface area (TPSA) is 0 Å². The molecule has 9 heavy (non-hydrogen) atoms. The summed E-state index contributed by atoms with van der Waals surface area (Å²) in [6, 6.07) is 0. The molecule has 1 rings (SSSR count). The Balaban J connectivity index is 2.05. The van der Waals surface area contributed by atoms with Gasteiger partial charge in [-0.3, -0.25) is 0 Å². The Labute approximate surface area is 58.0 Å². The van der Waals surface area contributed by atoms with Gasteiger partial charge in [0.05, 0.1) is 0 Å². The van der Waals surface area contributed by atoms with Crippen LogP contribution in [0.3, 0.4) is 0 Å². The highest BCUT2D eigenvalue weighted by atomic mass is 14.4. The average molecular weight is 124 g/mol. The highest BCUT2D eigenvalue weighted by Crippen LogP contribution is 2.43. The van der Waals surface area contributed by atoms with Crippen LogP contribution in [0.1, 0.15) is 33.1 Å². The van der Waals surface area contributed by atoms with Crippen LogP contribution in [0.15, 0.2) is 12.2 Å². The molecule has 0 aliphatic heterocycles. The van der Waals surface area contributed by atoms with Crippen LogP contribution in [0.4, 0.5) is 0 Å². The molecule has 0 heterocycles. The van der Waals surface area contributed by atoms with E-state index in [2.05, 4.69) is 26.0 Å². The molecule has 0 N–H and O–H groups in total. The minimum absolute atomic E-state index is 1.05. The summed E-state index contributed by atoms with van der Waals surface area (Å²) in [5, 5.41) is 0. The van der Waals surface area contributed by atoms with E-state index in [1.807, 2.05) is 0 Å². The summed E-state index contributed by atoms with van der Waals surface area (Å²) in [5.74, 6) is 2.12. The molecule has 0 saturated heterocycles. The van der Waals surface area contributed by atoms with Gasteiger partial charge in [0, 0.05) is 0 Å². The molecule has 0 aromatic rings. The summed E-state index contributed by atoms with van der Waals surface area (Å²) in [6.07, 6.45) is 8.66. The lowest BCUT2D eigenvalue weighted by atomic mass is 10.2. The fourth-order valence-electron chi connectivity index (χ4n) is 1.41. The van der Waals surface area contributed by atoms with E-state index in [9.17, 15) is 0 Å². The second-order valence-corrected chi connectivity index (χ2v) is 2.97. The minimum atomic E-state index is 1.05. The molecule has 0 nitrogen and oxygen atoms in total. The molecule has 0 heteroatoms. The van der Waals surface area contributed by atoms with Gasteiger partial charge in [-0.25, -0.2) is 0 Å². The van der Waals surface area contributed by atoms with Gasteiger partial charge >= 0.3 is 0 Å². The van der Waals surface area contributed by atoms with E-state index in [0.717, 1.165) is 11.8 Å². The van der Waals surface area contributed by atoms with Gasteiger partial charge < -0.3 is 0 Å². The van der Waals surface area contributed by atoms with Crippen LogP contribution < -0.4 is 0 Å². The normalized spacial score (nSPS) is 33.6. The summed E-state index contributed by atoms with van der Waals surface area (Å²) >= 11 is 0. The zero-order valence-electron chi connectivity index (χ0n) is 6.43. The first kappa shape index (κ1) is 6.85. The Kier molecular flexibility index (Phi) is 2.32. The van der Waals surface area contributed by atoms with E-state index < -0.39 is 0 Å². The van der Waals surface area contributed by atoms with Crippen molar-refractivity contribution >= 4 is 0 Å².